The molecule has 4 rings (SSSR count). The molecule has 1 nitrogen and oxygen atoms in total. The molecule has 0 bridgehead atoms. The summed E-state index contributed by atoms with van der Waals surface area (Å²) >= 11 is 0. The first kappa shape index (κ1) is 33.4. The molecule has 0 heterocycles. The molecule has 0 N–H and O–H groups in total. The molecule has 1 aliphatic carbocycles. The van der Waals surface area contributed by atoms with E-state index in [0.717, 1.165) is 49.9 Å². The van der Waals surface area contributed by atoms with Crippen molar-refractivity contribution in [2.75, 3.05) is 6.61 Å². The van der Waals surface area contributed by atoms with Crippen molar-refractivity contribution in [1.82, 2.24) is 0 Å². The standard InChI is InChI=1S/C42H60O/c1-8-34-30-40(38(9-2)39(10-3)41(34)43-29-28-42(11-4,12-5)13-6)37-26-24-36(25-27-37)35-22-20-33(21-23-35)19-18-32-16-14-31(7)15-17-32/h20-27,30-32H,8-19,28-29H2,1-7H3. The largest absolute Gasteiger partial charge is 0.493 e. The SMILES string of the molecule is CCc1cc(-c2ccc(-c3ccc(CCC4CCC(C)CC4)cc3)cc2)c(CC)c(CC)c1OCCC(CC)(CC)CC. The fraction of sp³-hybridized carbons (Fsp3) is 0.571. The minimum Gasteiger partial charge on any atom is -0.493 e. The molecule has 0 spiro atoms. The highest BCUT2D eigenvalue weighted by Gasteiger charge is 2.25. The van der Waals surface area contributed by atoms with Crippen molar-refractivity contribution in [3.63, 3.8) is 0 Å². The van der Waals surface area contributed by atoms with E-state index in [0.29, 0.717) is 5.41 Å². The normalized spacial score (nSPS) is 17.3. The molecule has 3 aromatic rings. The van der Waals surface area contributed by atoms with Crippen LogP contribution in [-0.2, 0) is 25.7 Å². The zero-order valence-corrected chi connectivity index (χ0v) is 28.7. The number of hydrogen-bond acceptors (Lipinski definition) is 1. The van der Waals surface area contributed by atoms with E-state index in [2.05, 4.69) is 103 Å². The van der Waals surface area contributed by atoms with Crippen molar-refractivity contribution in [1.29, 1.82) is 0 Å². The molecule has 1 fully saturated rings. The maximum atomic E-state index is 6.69. The third-order valence-electron chi connectivity index (χ3n) is 11.3. The predicted molar refractivity (Wildman–Crippen MR) is 188 cm³/mol. The Kier molecular flexibility index (Phi) is 12.4. The van der Waals surface area contributed by atoms with Crippen LogP contribution in [0.1, 0.15) is 129 Å². The molecule has 234 valence electrons. The van der Waals surface area contributed by atoms with Gasteiger partial charge in [0, 0.05) is 0 Å². The van der Waals surface area contributed by atoms with Crippen molar-refractivity contribution in [3.05, 3.63) is 76.9 Å². The van der Waals surface area contributed by atoms with Gasteiger partial charge in [0.15, 0.2) is 0 Å². The van der Waals surface area contributed by atoms with Crippen LogP contribution in [0.5, 0.6) is 5.75 Å². The topological polar surface area (TPSA) is 9.23 Å². The summed E-state index contributed by atoms with van der Waals surface area (Å²) in [4.78, 5) is 0. The van der Waals surface area contributed by atoms with Crippen LogP contribution in [0.15, 0.2) is 54.6 Å². The second-order valence-electron chi connectivity index (χ2n) is 13.5. The van der Waals surface area contributed by atoms with Crippen LogP contribution in [0.4, 0.5) is 0 Å². The highest BCUT2D eigenvalue weighted by Crippen LogP contribution is 2.39. The summed E-state index contributed by atoms with van der Waals surface area (Å²) in [5.41, 5.74) is 11.4. The van der Waals surface area contributed by atoms with Gasteiger partial charge >= 0.3 is 0 Å². The first-order chi connectivity index (χ1) is 20.9. The number of ether oxygens (including phenoxy) is 1. The van der Waals surface area contributed by atoms with Crippen LogP contribution in [0.3, 0.4) is 0 Å². The zero-order chi connectivity index (χ0) is 30.8. The van der Waals surface area contributed by atoms with E-state index in [1.54, 1.807) is 0 Å². The predicted octanol–water partition coefficient (Wildman–Crippen LogP) is 12.5. The summed E-state index contributed by atoms with van der Waals surface area (Å²) < 4.78 is 6.69. The number of hydrogen-bond donors (Lipinski definition) is 0. The van der Waals surface area contributed by atoms with Crippen LogP contribution in [0, 0.1) is 17.3 Å². The van der Waals surface area contributed by atoms with E-state index in [1.165, 1.54) is 102 Å². The highest BCUT2D eigenvalue weighted by atomic mass is 16.5. The van der Waals surface area contributed by atoms with E-state index in [-0.39, 0.29) is 0 Å². The lowest BCUT2D eigenvalue weighted by atomic mass is 9.77. The zero-order valence-electron chi connectivity index (χ0n) is 28.7. The lowest BCUT2D eigenvalue weighted by Gasteiger charge is -2.31. The quantitative estimate of drug-likeness (QED) is 0.174. The van der Waals surface area contributed by atoms with Crippen LogP contribution >= 0.6 is 0 Å². The second-order valence-corrected chi connectivity index (χ2v) is 13.5. The van der Waals surface area contributed by atoms with Gasteiger partial charge < -0.3 is 4.74 Å². The van der Waals surface area contributed by atoms with Crippen LogP contribution < -0.4 is 4.74 Å². The van der Waals surface area contributed by atoms with Crippen LogP contribution in [0.2, 0.25) is 0 Å². The monoisotopic (exact) mass is 580 g/mol. The molecule has 0 unspecified atom stereocenters. The Balaban J connectivity index is 1.50. The molecule has 0 amide bonds. The molecule has 0 radical (unpaired) electrons. The average molecular weight is 581 g/mol. The van der Waals surface area contributed by atoms with Crippen molar-refractivity contribution < 1.29 is 4.74 Å². The molecule has 1 heteroatoms. The summed E-state index contributed by atoms with van der Waals surface area (Å²) in [6.07, 6.45) is 16.1. The van der Waals surface area contributed by atoms with Crippen molar-refractivity contribution in [3.8, 4) is 28.0 Å². The Morgan fingerprint density at radius 2 is 1.23 bits per heavy atom. The van der Waals surface area contributed by atoms with Gasteiger partial charge in [-0.15, -0.1) is 0 Å². The Hall–Kier alpha value is -2.54. The van der Waals surface area contributed by atoms with Gasteiger partial charge in [-0.05, 0) is 106 Å². The molecule has 43 heavy (non-hydrogen) atoms. The average Bonchev–Trinajstić information content (AvgIpc) is 3.06. The summed E-state index contributed by atoms with van der Waals surface area (Å²) in [5, 5.41) is 0. The smallest absolute Gasteiger partial charge is 0.125 e. The fourth-order valence-electron chi connectivity index (χ4n) is 7.64. The fourth-order valence-corrected chi connectivity index (χ4v) is 7.64. The Morgan fingerprint density at radius 3 is 1.77 bits per heavy atom. The van der Waals surface area contributed by atoms with Crippen LogP contribution in [0.25, 0.3) is 22.3 Å². The van der Waals surface area contributed by atoms with Gasteiger partial charge in [0.1, 0.15) is 5.75 Å². The maximum absolute atomic E-state index is 6.69. The number of aryl methyl sites for hydroxylation is 2. The Bertz CT molecular complexity index is 1250. The number of benzene rings is 3. The molecule has 3 aromatic carbocycles. The molecule has 0 atom stereocenters. The van der Waals surface area contributed by atoms with E-state index in [9.17, 15) is 0 Å². The van der Waals surface area contributed by atoms with Gasteiger partial charge in [0.05, 0.1) is 6.61 Å². The van der Waals surface area contributed by atoms with E-state index in [4.69, 9.17) is 4.74 Å². The van der Waals surface area contributed by atoms with Gasteiger partial charge in [-0.1, -0.05) is 142 Å². The Labute approximate surface area is 264 Å². The van der Waals surface area contributed by atoms with Crippen molar-refractivity contribution >= 4 is 0 Å². The molecule has 0 saturated heterocycles. The third-order valence-corrected chi connectivity index (χ3v) is 11.3. The molecule has 0 aliphatic heterocycles. The van der Waals surface area contributed by atoms with Gasteiger partial charge in [0.2, 0.25) is 0 Å². The molecular weight excluding hydrogens is 520 g/mol. The number of rotatable bonds is 15. The third kappa shape index (κ3) is 8.14. The summed E-state index contributed by atoms with van der Waals surface area (Å²) in [7, 11) is 0. The summed E-state index contributed by atoms with van der Waals surface area (Å²) in [6.45, 7) is 17.1. The lowest BCUT2D eigenvalue weighted by Crippen LogP contribution is -2.21. The van der Waals surface area contributed by atoms with E-state index >= 15 is 0 Å². The van der Waals surface area contributed by atoms with Gasteiger partial charge in [-0.25, -0.2) is 0 Å². The maximum Gasteiger partial charge on any atom is 0.125 e. The second kappa shape index (κ2) is 16.0. The minimum atomic E-state index is 0.405. The molecular formula is C42H60O. The Morgan fingerprint density at radius 1 is 0.674 bits per heavy atom. The van der Waals surface area contributed by atoms with Gasteiger partial charge in [0.25, 0.3) is 0 Å². The summed E-state index contributed by atoms with van der Waals surface area (Å²) in [6, 6.07) is 21.1. The van der Waals surface area contributed by atoms with Crippen molar-refractivity contribution in [2.45, 2.75) is 132 Å². The van der Waals surface area contributed by atoms with E-state index < -0.39 is 0 Å². The first-order valence-electron chi connectivity index (χ1n) is 17.9. The molecule has 1 saturated carbocycles. The van der Waals surface area contributed by atoms with Crippen molar-refractivity contribution in [2.24, 2.45) is 17.3 Å². The summed E-state index contributed by atoms with van der Waals surface area (Å²) in [5.74, 6) is 3.03. The van der Waals surface area contributed by atoms with Gasteiger partial charge in [-0.3, -0.25) is 0 Å². The molecule has 0 aromatic heterocycles. The highest BCUT2D eigenvalue weighted by molar-refractivity contribution is 5.75. The van der Waals surface area contributed by atoms with Crippen LogP contribution in [-0.4, -0.2) is 6.61 Å². The van der Waals surface area contributed by atoms with Gasteiger partial charge in [-0.2, -0.15) is 0 Å². The molecule has 1 aliphatic rings. The lowest BCUT2D eigenvalue weighted by molar-refractivity contribution is 0.172. The van der Waals surface area contributed by atoms with E-state index in [1.807, 2.05) is 0 Å². The first-order valence-corrected chi connectivity index (χ1v) is 17.9. The minimum absolute atomic E-state index is 0.405.